The normalized spacial score (nSPS) is 21.0. The third-order valence-corrected chi connectivity index (χ3v) is 4.73. The molecule has 7 heteroatoms. The molecule has 1 amide bonds. The Bertz CT molecular complexity index is 558. The van der Waals surface area contributed by atoms with E-state index in [2.05, 4.69) is 5.32 Å². The fourth-order valence-corrected chi connectivity index (χ4v) is 3.66. The van der Waals surface area contributed by atoms with Crippen molar-refractivity contribution in [1.29, 1.82) is 0 Å². The molecule has 114 valence electrons. The molecule has 0 spiro atoms. The maximum Gasteiger partial charge on any atom is 0.330 e. The van der Waals surface area contributed by atoms with Crippen LogP contribution in [-0.2, 0) is 9.59 Å². The lowest BCUT2D eigenvalue weighted by Gasteiger charge is -2.24. The number of carbonyl (C=O) groups is 2. The molecule has 0 unspecified atom stereocenters. The molecular formula is C14H16ClNO4S. The lowest BCUT2D eigenvalue weighted by molar-refractivity contribution is -0.146. The van der Waals surface area contributed by atoms with Gasteiger partial charge in [-0.25, -0.2) is 4.79 Å². The Morgan fingerprint density at radius 2 is 2.29 bits per heavy atom. The van der Waals surface area contributed by atoms with Gasteiger partial charge in [-0.15, -0.1) is 0 Å². The van der Waals surface area contributed by atoms with Gasteiger partial charge in [0, 0.05) is 10.8 Å². The van der Waals surface area contributed by atoms with Gasteiger partial charge in [-0.2, -0.15) is 11.8 Å². The number of halogens is 1. The van der Waals surface area contributed by atoms with Crippen molar-refractivity contribution in [1.82, 2.24) is 5.32 Å². The summed E-state index contributed by atoms with van der Waals surface area (Å²) in [5, 5.41) is 12.5. The van der Waals surface area contributed by atoms with E-state index >= 15 is 0 Å². The number of benzene rings is 1. The van der Waals surface area contributed by atoms with Crippen LogP contribution in [0, 0.1) is 6.92 Å². The number of carboxylic acid groups (broad SMARTS) is 1. The lowest BCUT2D eigenvalue weighted by atomic mass is 9.99. The molecule has 0 saturated carbocycles. The van der Waals surface area contributed by atoms with Gasteiger partial charge in [0.1, 0.15) is 11.3 Å². The van der Waals surface area contributed by atoms with Gasteiger partial charge in [0.15, 0.2) is 6.61 Å². The number of aliphatic carboxylic acids is 1. The molecule has 2 rings (SSSR count). The minimum atomic E-state index is -1.17. The quantitative estimate of drug-likeness (QED) is 0.865. The van der Waals surface area contributed by atoms with E-state index in [4.69, 9.17) is 16.3 Å². The van der Waals surface area contributed by atoms with Crippen molar-refractivity contribution in [3.8, 4) is 5.75 Å². The predicted octanol–water partition coefficient (Wildman–Crippen LogP) is 2.10. The number of ether oxygens (including phenoxy) is 1. The van der Waals surface area contributed by atoms with Crippen LogP contribution in [0.4, 0.5) is 0 Å². The Morgan fingerprint density at radius 3 is 2.86 bits per heavy atom. The average molecular weight is 330 g/mol. The van der Waals surface area contributed by atoms with Crippen LogP contribution in [0.15, 0.2) is 18.2 Å². The molecular weight excluding hydrogens is 314 g/mol. The second kappa shape index (κ2) is 6.58. The van der Waals surface area contributed by atoms with Crippen LogP contribution < -0.4 is 10.1 Å². The van der Waals surface area contributed by atoms with E-state index in [-0.39, 0.29) is 6.61 Å². The summed E-state index contributed by atoms with van der Waals surface area (Å²) in [6.07, 6.45) is 0.429. The van der Waals surface area contributed by atoms with Crippen molar-refractivity contribution >= 4 is 35.2 Å². The molecule has 1 atom stereocenters. The van der Waals surface area contributed by atoms with Crippen LogP contribution >= 0.6 is 23.4 Å². The number of thioether (sulfide) groups is 1. The second-order valence-corrected chi connectivity index (χ2v) is 6.48. The van der Waals surface area contributed by atoms with Crippen molar-refractivity contribution in [3.05, 3.63) is 28.8 Å². The number of hydrogen-bond acceptors (Lipinski definition) is 4. The molecule has 0 aromatic heterocycles. The molecule has 1 aromatic rings. The van der Waals surface area contributed by atoms with E-state index in [0.29, 0.717) is 22.9 Å². The fraction of sp³-hybridized carbons (Fsp3) is 0.429. The van der Waals surface area contributed by atoms with Gasteiger partial charge in [0.05, 0.1) is 0 Å². The molecule has 1 aliphatic heterocycles. The van der Waals surface area contributed by atoms with Crippen molar-refractivity contribution in [2.45, 2.75) is 18.9 Å². The Morgan fingerprint density at radius 1 is 1.52 bits per heavy atom. The summed E-state index contributed by atoms with van der Waals surface area (Å²) in [7, 11) is 0. The van der Waals surface area contributed by atoms with E-state index in [9.17, 15) is 14.7 Å². The number of aryl methyl sites for hydroxylation is 1. The third-order valence-electron chi connectivity index (χ3n) is 3.31. The van der Waals surface area contributed by atoms with Gasteiger partial charge in [-0.05, 0) is 42.9 Å². The summed E-state index contributed by atoms with van der Waals surface area (Å²) < 4.78 is 5.42. The van der Waals surface area contributed by atoms with Crippen molar-refractivity contribution in [2.24, 2.45) is 0 Å². The first-order chi connectivity index (χ1) is 9.93. The highest BCUT2D eigenvalue weighted by Gasteiger charge is 2.43. The molecule has 0 bridgehead atoms. The monoisotopic (exact) mass is 329 g/mol. The first-order valence-electron chi connectivity index (χ1n) is 6.44. The molecule has 2 N–H and O–H groups in total. The molecule has 0 radical (unpaired) electrons. The zero-order valence-corrected chi connectivity index (χ0v) is 13.1. The first-order valence-corrected chi connectivity index (χ1v) is 7.97. The molecule has 1 heterocycles. The largest absolute Gasteiger partial charge is 0.484 e. The Balaban J connectivity index is 1.94. The summed E-state index contributed by atoms with van der Waals surface area (Å²) in [6, 6.07) is 5.10. The summed E-state index contributed by atoms with van der Waals surface area (Å²) >= 11 is 7.36. The summed E-state index contributed by atoms with van der Waals surface area (Å²) in [5.74, 6) is 0.232. The van der Waals surface area contributed by atoms with Gasteiger partial charge >= 0.3 is 5.97 Å². The lowest BCUT2D eigenvalue weighted by Crippen LogP contribution is -2.55. The topological polar surface area (TPSA) is 75.6 Å². The van der Waals surface area contributed by atoms with Gasteiger partial charge in [0.2, 0.25) is 0 Å². The van der Waals surface area contributed by atoms with Crippen molar-refractivity contribution < 1.29 is 19.4 Å². The van der Waals surface area contributed by atoms with E-state index in [1.54, 1.807) is 18.2 Å². The molecule has 21 heavy (non-hydrogen) atoms. The van der Waals surface area contributed by atoms with Gasteiger partial charge < -0.3 is 15.2 Å². The number of hydrogen-bond donors (Lipinski definition) is 2. The minimum absolute atomic E-state index is 0.220. The number of nitrogens with one attached hydrogen (secondary N) is 1. The molecule has 0 aliphatic carbocycles. The average Bonchev–Trinajstić information content (AvgIpc) is 2.87. The molecule has 1 aromatic carbocycles. The number of carbonyl (C=O) groups excluding carboxylic acids is 1. The summed E-state index contributed by atoms with van der Waals surface area (Å²) in [5.41, 5.74) is -0.347. The van der Waals surface area contributed by atoms with Crippen LogP contribution in [0.5, 0.6) is 5.75 Å². The number of rotatable bonds is 5. The SMILES string of the molecule is Cc1cc(Cl)ccc1OCC(=O)N[C@]1(C(=O)O)CCSC1. The van der Waals surface area contributed by atoms with Gasteiger partial charge in [0.25, 0.3) is 5.91 Å². The first kappa shape index (κ1) is 16.0. The number of carboxylic acids is 1. The standard InChI is InChI=1S/C14H16ClNO4S/c1-9-6-10(15)2-3-11(9)20-7-12(17)16-14(13(18)19)4-5-21-8-14/h2-3,6H,4-5,7-8H2,1H3,(H,16,17)(H,18,19)/t14-/m1/s1. The number of amides is 1. The highest BCUT2D eigenvalue weighted by Crippen LogP contribution is 2.28. The Labute approximate surface area is 132 Å². The summed E-state index contributed by atoms with van der Waals surface area (Å²) in [4.78, 5) is 23.3. The molecule has 1 saturated heterocycles. The fourth-order valence-electron chi connectivity index (χ4n) is 2.11. The smallest absolute Gasteiger partial charge is 0.330 e. The van der Waals surface area contributed by atoms with Crippen LogP contribution in [-0.4, -0.2) is 40.6 Å². The van der Waals surface area contributed by atoms with Crippen molar-refractivity contribution in [3.63, 3.8) is 0 Å². The zero-order chi connectivity index (χ0) is 15.5. The Hall–Kier alpha value is -1.40. The van der Waals surface area contributed by atoms with E-state index < -0.39 is 17.4 Å². The maximum atomic E-state index is 11.9. The third kappa shape index (κ3) is 3.83. The Kier molecular flexibility index (Phi) is 5.00. The molecule has 1 fully saturated rings. The highest BCUT2D eigenvalue weighted by molar-refractivity contribution is 7.99. The van der Waals surface area contributed by atoms with Crippen LogP contribution in [0.3, 0.4) is 0 Å². The van der Waals surface area contributed by atoms with Crippen LogP contribution in [0.25, 0.3) is 0 Å². The van der Waals surface area contributed by atoms with E-state index in [1.165, 1.54) is 11.8 Å². The summed E-state index contributed by atoms with van der Waals surface area (Å²) in [6.45, 7) is 1.60. The molecule has 1 aliphatic rings. The second-order valence-electron chi connectivity index (χ2n) is 4.94. The van der Waals surface area contributed by atoms with Gasteiger partial charge in [-0.3, -0.25) is 4.79 Å². The van der Waals surface area contributed by atoms with Crippen LogP contribution in [0.2, 0.25) is 5.02 Å². The van der Waals surface area contributed by atoms with Crippen LogP contribution in [0.1, 0.15) is 12.0 Å². The highest BCUT2D eigenvalue weighted by atomic mass is 35.5. The zero-order valence-electron chi connectivity index (χ0n) is 11.5. The van der Waals surface area contributed by atoms with E-state index in [1.807, 2.05) is 6.92 Å². The predicted molar refractivity (Wildman–Crippen MR) is 82.1 cm³/mol. The molecule has 5 nitrogen and oxygen atoms in total. The van der Waals surface area contributed by atoms with Gasteiger partial charge in [-0.1, -0.05) is 11.6 Å². The van der Waals surface area contributed by atoms with E-state index in [0.717, 1.165) is 11.3 Å². The van der Waals surface area contributed by atoms with Crippen molar-refractivity contribution in [2.75, 3.05) is 18.1 Å². The minimum Gasteiger partial charge on any atom is -0.484 e. The maximum absolute atomic E-state index is 11.9.